The molecule has 80 valence electrons. The van der Waals surface area contributed by atoms with E-state index in [-0.39, 0.29) is 0 Å². The Morgan fingerprint density at radius 2 is 2.19 bits per heavy atom. The van der Waals surface area contributed by atoms with Gasteiger partial charge in [0.05, 0.1) is 0 Å². The van der Waals surface area contributed by atoms with Gasteiger partial charge in [-0.1, -0.05) is 29.5 Å². The van der Waals surface area contributed by atoms with Crippen LogP contribution in [0.1, 0.15) is 5.56 Å². The molecule has 0 radical (unpaired) electrons. The molecule has 2 heterocycles. The summed E-state index contributed by atoms with van der Waals surface area (Å²) in [5.74, 6) is 0.771. The van der Waals surface area contributed by atoms with Crippen molar-refractivity contribution in [2.45, 2.75) is 6.92 Å². The van der Waals surface area contributed by atoms with Gasteiger partial charge in [-0.2, -0.15) is 0 Å². The van der Waals surface area contributed by atoms with Gasteiger partial charge < -0.3 is 4.42 Å². The molecule has 3 aromatic rings. The van der Waals surface area contributed by atoms with Crippen molar-refractivity contribution >= 4 is 38.2 Å². The molecule has 0 fully saturated rings. The summed E-state index contributed by atoms with van der Waals surface area (Å²) in [7, 11) is 0. The first-order valence-corrected chi connectivity index (χ1v) is 6.33. The summed E-state index contributed by atoms with van der Waals surface area (Å²) in [5.41, 5.74) is 2.05. The number of aromatic nitrogens is 2. The van der Waals surface area contributed by atoms with Crippen LogP contribution in [0.4, 0.5) is 0 Å². The minimum Gasteiger partial charge on any atom is -0.453 e. The fourth-order valence-corrected chi connectivity index (χ4v) is 2.68. The van der Waals surface area contributed by atoms with Crippen LogP contribution >= 0.6 is 27.3 Å². The van der Waals surface area contributed by atoms with E-state index in [1.807, 2.05) is 31.2 Å². The van der Waals surface area contributed by atoms with E-state index in [0.717, 1.165) is 31.2 Å². The van der Waals surface area contributed by atoms with Crippen LogP contribution in [0, 0.1) is 6.92 Å². The lowest BCUT2D eigenvalue weighted by Gasteiger charge is -1.91. The van der Waals surface area contributed by atoms with Crippen molar-refractivity contribution in [2.75, 3.05) is 0 Å². The van der Waals surface area contributed by atoms with Crippen LogP contribution in [-0.2, 0) is 0 Å². The smallest absolute Gasteiger partial charge is 0.184 e. The maximum atomic E-state index is 5.79. The summed E-state index contributed by atoms with van der Waals surface area (Å²) in [6.45, 7) is 2.03. The molecule has 0 amide bonds. The molecule has 0 spiro atoms. The molecule has 1 aromatic carbocycles. The molecular weight excluding hydrogens is 288 g/mol. The third-order valence-electron chi connectivity index (χ3n) is 2.35. The van der Waals surface area contributed by atoms with Crippen LogP contribution in [-0.4, -0.2) is 10.2 Å². The molecule has 0 aliphatic rings. The van der Waals surface area contributed by atoms with Crippen molar-refractivity contribution in [1.29, 1.82) is 0 Å². The largest absolute Gasteiger partial charge is 0.453 e. The molecule has 16 heavy (non-hydrogen) atoms. The zero-order chi connectivity index (χ0) is 11.1. The standard InChI is InChI=1S/C11H7BrN2OS/c1-6-3-2-4-7-5-8(15-9(6)7)10-13-14-11(12)16-10/h2-5H,1H3. The predicted octanol–water partition coefficient (Wildman–Crippen LogP) is 4.02. The fourth-order valence-electron chi connectivity index (χ4n) is 1.62. The Bertz CT molecular complexity index is 659. The molecule has 3 rings (SSSR count). The summed E-state index contributed by atoms with van der Waals surface area (Å²) >= 11 is 4.75. The van der Waals surface area contributed by atoms with E-state index in [2.05, 4.69) is 26.1 Å². The van der Waals surface area contributed by atoms with Gasteiger partial charge in [-0.05, 0) is 34.5 Å². The van der Waals surface area contributed by atoms with Gasteiger partial charge in [-0.3, -0.25) is 0 Å². The molecule has 0 bridgehead atoms. The highest BCUT2D eigenvalue weighted by Gasteiger charge is 2.11. The third-order valence-corrected chi connectivity index (χ3v) is 3.72. The van der Waals surface area contributed by atoms with E-state index in [1.54, 1.807) is 0 Å². The number of para-hydroxylation sites is 1. The molecule has 0 unspecified atom stereocenters. The number of aryl methyl sites for hydroxylation is 1. The Balaban J connectivity index is 2.22. The molecule has 3 nitrogen and oxygen atoms in total. The number of benzene rings is 1. The normalized spacial score (nSPS) is 11.1. The van der Waals surface area contributed by atoms with Gasteiger partial charge >= 0.3 is 0 Å². The van der Waals surface area contributed by atoms with Crippen molar-refractivity contribution in [2.24, 2.45) is 0 Å². The van der Waals surface area contributed by atoms with Gasteiger partial charge in [0.2, 0.25) is 0 Å². The number of nitrogens with zero attached hydrogens (tertiary/aromatic N) is 2. The molecule has 0 aliphatic heterocycles. The first kappa shape index (κ1) is 9.99. The number of fused-ring (bicyclic) bond motifs is 1. The molecule has 0 saturated heterocycles. The van der Waals surface area contributed by atoms with E-state index in [4.69, 9.17) is 4.42 Å². The molecular formula is C11H7BrN2OS. The first-order chi connectivity index (χ1) is 7.74. The molecule has 0 atom stereocenters. The zero-order valence-electron chi connectivity index (χ0n) is 8.40. The lowest BCUT2D eigenvalue weighted by atomic mass is 10.2. The maximum Gasteiger partial charge on any atom is 0.184 e. The topological polar surface area (TPSA) is 38.9 Å². The highest BCUT2D eigenvalue weighted by atomic mass is 79.9. The van der Waals surface area contributed by atoms with Crippen LogP contribution < -0.4 is 0 Å². The van der Waals surface area contributed by atoms with Gasteiger partial charge in [0.15, 0.2) is 14.7 Å². The van der Waals surface area contributed by atoms with Crippen molar-refractivity contribution in [3.63, 3.8) is 0 Å². The summed E-state index contributed by atoms with van der Waals surface area (Å²) in [6.07, 6.45) is 0. The zero-order valence-corrected chi connectivity index (χ0v) is 10.8. The second kappa shape index (κ2) is 3.68. The summed E-state index contributed by atoms with van der Waals surface area (Å²) in [4.78, 5) is 0. The Morgan fingerprint density at radius 3 is 2.88 bits per heavy atom. The molecule has 0 saturated carbocycles. The lowest BCUT2D eigenvalue weighted by Crippen LogP contribution is -1.71. The Kier molecular flexibility index (Phi) is 2.29. The van der Waals surface area contributed by atoms with Crippen LogP contribution in [0.15, 0.2) is 32.6 Å². The van der Waals surface area contributed by atoms with E-state index >= 15 is 0 Å². The number of hydrogen-bond acceptors (Lipinski definition) is 4. The quantitative estimate of drug-likeness (QED) is 0.680. The number of furan rings is 1. The maximum absolute atomic E-state index is 5.79. The molecule has 0 N–H and O–H groups in total. The van der Waals surface area contributed by atoms with Gasteiger partial charge in [-0.15, -0.1) is 10.2 Å². The van der Waals surface area contributed by atoms with Crippen molar-refractivity contribution in [3.05, 3.63) is 33.7 Å². The fraction of sp³-hybridized carbons (Fsp3) is 0.0909. The Morgan fingerprint density at radius 1 is 1.31 bits per heavy atom. The van der Waals surface area contributed by atoms with E-state index in [0.29, 0.717) is 0 Å². The second-order valence-electron chi connectivity index (χ2n) is 3.46. The highest BCUT2D eigenvalue weighted by molar-refractivity contribution is 9.11. The average Bonchev–Trinajstić information content (AvgIpc) is 2.84. The van der Waals surface area contributed by atoms with E-state index in [9.17, 15) is 0 Å². The predicted molar refractivity (Wildman–Crippen MR) is 67.6 cm³/mol. The summed E-state index contributed by atoms with van der Waals surface area (Å²) in [5, 5.41) is 9.84. The molecule has 0 aliphatic carbocycles. The van der Waals surface area contributed by atoms with Crippen LogP contribution in [0.25, 0.3) is 21.7 Å². The second-order valence-corrected chi connectivity index (χ2v) is 5.72. The molecule has 5 heteroatoms. The van der Waals surface area contributed by atoms with E-state index in [1.165, 1.54) is 11.3 Å². The number of halogens is 1. The van der Waals surface area contributed by atoms with Crippen LogP contribution in [0.5, 0.6) is 0 Å². The van der Waals surface area contributed by atoms with Crippen LogP contribution in [0.2, 0.25) is 0 Å². The highest BCUT2D eigenvalue weighted by Crippen LogP contribution is 2.32. The SMILES string of the molecule is Cc1cccc2cc(-c3nnc(Br)s3)oc12. The summed E-state index contributed by atoms with van der Waals surface area (Å²) in [6, 6.07) is 8.08. The monoisotopic (exact) mass is 294 g/mol. The average molecular weight is 295 g/mol. The third kappa shape index (κ3) is 1.56. The first-order valence-electron chi connectivity index (χ1n) is 4.72. The van der Waals surface area contributed by atoms with E-state index < -0.39 is 0 Å². The molecule has 2 aromatic heterocycles. The lowest BCUT2D eigenvalue weighted by molar-refractivity contribution is 0.627. The Labute approximate surface area is 104 Å². The van der Waals surface area contributed by atoms with Gasteiger partial charge in [0.1, 0.15) is 5.58 Å². The van der Waals surface area contributed by atoms with Gasteiger partial charge in [0, 0.05) is 5.39 Å². The summed E-state index contributed by atoms with van der Waals surface area (Å²) < 4.78 is 6.55. The van der Waals surface area contributed by atoms with Crippen molar-refractivity contribution in [3.8, 4) is 10.8 Å². The number of hydrogen-bond donors (Lipinski definition) is 0. The Hall–Kier alpha value is -1.20. The van der Waals surface area contributed by atoms with Crippen LogP contribution in [0.3, 0.4) is 0 Å². The van der Waals surface area contributed by atoms with Gasteiger partial charge in [-0.25, -0.2) is 0 Å². The minimum absolute atomic E-state index is 0.764. The van der Waals surface area contributed by atoms with Crippen molar-refractivity contribution in [1.82, 2.24) is 10.2 Å². The number of rotatable bonds is 1. The van der Waals surface area contributed by atoms with Gasteiger partial charge in [0.25, 0.3) is 0 Å². The minimum atomic E-state index is 0.764. The van der Waals surface area contributed by atoms with Crippen molar-refractivity contribution < 1.29 is 4.42 Å².